The number of carbonyl (C=O) groups is 2. The lowest BCUT2D eigenvalue weighted by Gasteiger charge is -2.48. The number of halogens is 2. The summed E-state index contributed by atoms with van der Waals surface area (Å²) in [4.78, 5) is 26.4. The zero-order valence-corrected chi connectivity index (χ0v) is 12.5. The largest absolute Gasteiger partial charge is 0.469 e. The molecule has 110 valence electrons. The zero-order chi connectivity index (χ0) is 15.3. The molecular formula is C14H11Cl2NO4. The molecule has 0 spiro atoms. The van der Waals surface area contributed by atoms with E-state index in [9.17, 15) is 9.59 Å². The molecule has 1 saturated heterocycles. The number of alkyl halides is 1. The van der Waals surface area contributed by atoms with Gasteiger partial charge in [-0.15, -0.1) is 0 Å². The van der Waals surface area contributed by atoms with Crippen molar-refractivity contribution in [2.75, 3.05) is 7.11 Å². The molecule has 3 aliphatic rings. The predicted octanol–water partition coefficient (Wildman–Crippen LogP) is 2.20. The third kappa shape index (κ3) is 1.88. The van der Waals surface area contributed by atoms with Gasteiger partial charge in [0.2, 0.25) is 5.00 Å². The smallest absolute Gasteiger partial charge is 0.351 e. The van der Waals surface area contributed by atoms with Crippen molar-refractivity contribution < 1.29 is 19.1 Å². The van der Waals surface area contributed by atoms with Gasteiger partial charge in [0, 0.05) is 12.0 Å². The molecule has 3 atom stereocenters. The number of rotatable bonds is 2. The van der Waals surface area contributed by atoms with Gasteiger partial charge in [-0.3, -0.25) is 4.79 Å². The molecule has 0 saturated carbocycles. The highest BCUT2D eigenvalue weighted by Gasteiger charge is 2.66. The number of ether oxygens (including phenoxy) is 2. The fraction of sp³-hybridized carbons (Fsp3) is 0.357. The molecule has 0 amide bonds. The van der Waals surface area contributed by atoms with Gasteiger partial charge in [-0.2, -0.15) is 0 Å². The van der Waals surface area contributed by atoms with Gasteiger partial charge in [0.25, 0.3) is 0 Å². The third-order valence-electron chi connectivity index (χ3n) is 3.83. The quantitative estimate of drug-likeness (QED) is 0.474. The Hall–Kier alpha value is -1.59. The Bertz CT molecular complexity index is 648. The van der Waals surface area contributed by atoms with E-state index in [1.807, 2.05) is 6.07 Å². The summed E-state index contributed by atoms with van der Waals surface area (Å²) in [5.41, 5.74) is -0.644. The maximum Gasteiger partial charge on any atom is 0.351 e. The van der Waals surface area contributed by atoms with Crippen LogP contribution in [-0.4, -0.2) is 29.2 Å². The number of esters is 2. The zero-order valence-electron chi connectivity index (χ0n) is 11.0. The average Bonchev–Trinajstić information content (AvgIpc) is 2.49. The molecule has 1 aromatic rings. The Morgan fingerprint density at radius 2 is 2.10 bits per heavy atom. The molecule has 0 N–H and O–H groups in total. The van der Waals surface area contributed by atoms with Gasteiger partial charge in [0.05, 0.1) is 7.11 Å². The van der Waals surface area contributed by atoms with Crippen molar-refractivity contribution in [3.63, 3.8) is 0 Å². The Kier molecular flexibility index (Phi) is 3.22. The first kappa shape index (κ1) is 14.4. The van der Waals surface area contributed by atoms with Crippen LogP contribution in [0.4, 0.5) is 0 Å². The minimum absolute atomic E-state index is 0.0588. The highest BCUT2D eigenvalue weighted by Crippen LogP contribution is 2.52. The minimum Gasteiger partial charge on any atom is -0.469 e. The Morgan fingerprint density at radius 3 is 2.71 bits per heavy atom. The molecule has 3 heterocycles. The molecule has 3 aliphatic heterocycles. The summed E-state index contributed by atoms with van der Waals surface area (Å²) in [5.74, 6) is -2.36. The number of methoxy groups -OCH3 is 1. The second-order valence-electron chi connectivity index (χ2n) is 4.94. The summed E-state index contributed by atoms with van der Waals surface area (Å²) in [6.45, 7) is 0. The van der Waals surface area contributed by atoms with Crippen LogP contribution in [-0.2, 0) is 24.7 Å². The van der Waals surface area contributed by atoms with E-state index in [0.717, 1.165) is 0 Å². The fourth-order valence-corrected chi connectivity index (χ4v) is 3.40. The summed E-state index contributed by atoms with van der Waals surface area (Å²) < 4.78 is 10.2. The Balaban J connectivity index is 2.17. The summed E-state index contributed by atoms with van der Waals surface area (Å²) in [5, 5.41) is 0.0588. The summed E-state index contributed by atoms with van der Waals surface area (Å²) >= 11 is 12.4. The lowest BCUT2D eigenvalue weighted by molar-refractivity contribution is -0.180. The molecule has 2 bridgehead atoms. The summed E-state index contributed by atoms with van der Waals surface area (Å²) in [6.07, 6.45) is 0.0985. The van der Waals surface area contributed by atoms with Gasteiger partial charge in [0.15, 0.2) is 10.8 Å². The number of benzene rings is 1. The first-order chi connectivity index (χ1) is 9.94. The number of hydrogen-bond donors (Lipinski definition) is 0. The van der Waals surface area contributed by atoms with Gasteiger partial charge in [-0.1, -0.05) is 53.5 Å². The normalized spacial score (nSPS) is 34.1. The first-order valence-electron chi connectivity index (χ1n) is 6.25. The second kappa shape index (κ2) is 4.71. The molecule has 0 radical (unpaired) electrons. The highest BCUT2D eigenvalue weighted by atomic mass is 35.5. The van der Waals surface area contributed by atoms with Crippen LogP contribution in [0.5, 0.6) is 0 Å². The van der Waals surface area contributed by atoms with Crippen molar-refractivity contribution in [1.82, 2.24) is 0 Å². The van der Waals surface area contributed by atoms with Crippen LogP contribution in [0.1, 0.15) is 12.0 Å². The molecule has 21 heavy (non-hydrogen) atoms. The molecule has 4 rings (SSSR count). The van der Waals surface area contributed by atoms with Crippen LogP contribution in [0, 0.1) is 5.92 Å². The number of aliphatic imine (C=N–C) groups is 1. The van der Waals surface area contributed by atoms with Crippen LogP contribution in [0.3, 0.4) is 0 Å². The van der Waals surface area contributed by atoms with Crippen molar-refractivity contribution >= 4 is 40.3 Å². The maximum atomic E-state index is 12.2. The van der Waals surface area contributed by atoms with Gasteiger partial charge in [-0.05, 0) is 0 Å². The molecule has 1 fully saturated rings. The van der Waals surface area contributed by atoms with Crippen LogP contribution >= 0.6 is 23.2 Å². The topological polar surface area (TPSA) is 65.0 Å². The van der Waals surface area contributed by atoms with Gasteiger partial charge >= 0.3 is 11.9 Å². The number of hydrogen-bond acceptors (Lipinski definition) is 5. The SMILES string of the molecule is COC(=O)[C@H]1C[C@]2(c3ccccc3)OC(=O)[C@@]1(Cl)N=C2Cl. The van der Waals surface area contributed by atoms with Crippen molar-refractivity contribution in [3.05, 3.63) is 35.9 Å². The van der Waals surface area contributed by atoms with E-state index in [1.54, 1.807) is 24.3 Å². The average molecular weight is 328 g/mol. The molecule has 0 unspecified atom stereocenters. The fourth-order valence-electron chi connectivity index (χ4n) is 2.70. The van der Waals surface area contributed by atoms with Gasteiger partial charge in [0.1, 0.15) is 5.92 Å². The molecule has 0 aromatic heterocycles. The van der Waals surface area contributed by atoms with Crippen molar-refractivity contribution in [3.8, 4) is 0 Å². The minimum atomic E-state index is -1.85. The van der Waals surface area contributed by atoms with Crippen LogP contribution in [0.15, 0.2) is 35.3 Å². The molecule has 5 nitrogen and oxygen atoms in total. The summed E-state index contributed by atoms with van der Waals surface area (Å²) in [6, 6.07) is 8.90. The van der Waals surface area contributed by atoms with E-state index >= 15 is 0 Å². The van der Waals surface area contributed by atoms with Crippen LogP contribution < -0.4 is 0 Å². The molecule has 0 aliphatic carbocycles. The Labute approximate surface area is 130 Å². The van der Waals surface area contributed by atoms with E-state index < -0.39 is 28.5 Å². The number of carbonyl (C=O) groups excluding carboxylic acids is 2. The predicted molar refractivity (Wildman–Crippen MR) is 76.2 cm³/mol. The lowest BCUT2D eigenvalue weighted by Crippen LogP contribution is -2.62. The van der Waals surface area contributed by atoms with E-state index in [0.29, 0.717) is 5.56 Å². The monoisotopic (exact) mass is 327 g/mol. The van der Waals surface area contributed by atoms with E-state index in [-0.39, 0.29) is 11.6 Å². The maximum absolute atomic E-state index is 12.2. The van der Waals surface area contributed by atoms with Crippen LogP contribution in [0.2, 0.25) is 0 Å². The van der Waals surface area contributed by atoms with Gasteiger partial charge in [-0.25, -0.2) is 9.79 Å². The van der Waals surface area contributed by atoms with Crippen molar-refractivity contribution in [2.24, 2.45) is 10.9 Å². The van der Waals surface area contributed by atoms with Crippen molar-refractivity contribution in [1.29, 1.82) is 0 Å². The third-order valence-corrected chi connectivity index (χ3v) is 4.72. The van der Waals surface area contributed by atoms with Crippen molar-refractivity contribution in [2.45, 2.75) is 17.0 Å². The lowest BCUT2D eigenvalue weighted by atomic mass is 9.76. The Morgan fingerprint density at radius 1 is 1.43 bits per heavy atom. The van der Waals surface area contributed by atoms with Gasteiger partial charge < -0.3 is 9.47 Å². The van der Waals surface area contributed by atoms with Crippen LogP contribution in [0.25, 0.3) is 0 Å². The number of fused-ring (bicyclic) bond motifs is 2. The standard InChI is InChI=1S/C14H11Cl2NO4/c1-20-10(18)9-7-13(8-5-3-2-4-6-8)11(15)17-14(9,16)12(19)21-13/h2-6,9H,7H2,1H3/t9-,13-,14+/m1/s1. The second-order valence-corrected chi connectivity index (χ2v) is 5.87. The molecule has 1 aromatic carbocycles. The van der Waals surface area contributed by atoms with E-state index in [4.69, 9.17) is 32.7 Å². The molecule has 7 heteroatoms. The summed E-state index contributed by atoms with van der Waals surface area (Å²) in [7, 11) is 1.23. The first-order valence-corrected chi connectivity index (χ1v) is 7.01. The highest BCUT2D eigenvalue weighted by molar-refractivity contribution is 6.68. The molecular weight excluding hydrogens is 317 g/mol. The van der Waals surface area contributed by atoms with E-state index in [2.05, 4.69) is 4.99 Å². The number of nitrogens with zero attached hydrogens (tertiary/aromatic N) is 1. The van der Waals surface area contributed by atoms with E-state index in [1.165, 1.54) is 7.11 Å².